The predicted octanol–water partition coefficient (Wildman–Crippen LogP) is 4.42. The molecule has 25 heavy (non-hydrogen) atoms. The number of pyridine rings is 1. The fourth-order valence-electron chi connectivity index (χ4n) is 3.18. The molecule has 0 spiro atoms. The first-order chi connectivity index (χ1) is 12.3. The number of rotatable bonds is 3. The fraction of sp³-hybridized carbons (Fsp3) is 0.0455. The first kappa shape index (κ1) is 15.2. The standard InChI is InChI=1S/C22H17NO2/c24-21-18-13-7-8-14-19(18)23(15-16-9-3-1-4-10-16)22(25)20(21)17-11-5-2-6-12-17/h1-14,24H,15H2. The maximum atomic E-state index is 13.2. The first-order valence-corrected chi connectivity index (χ1v) is 8.19. The molecule has 1 aromatic heterocycles. The Bertz CT molecular complexity index is 1080. The van der Waals surface area contributed by atoms with Crippen LogP contribution in [0.3, 0.4) is 0 Å². The molecule has 3 aromatic carbocycles. The summed E-state index contributed by atoms with van der Waals surface area (Å²) in [6, 6.07) is 26.6. The van der Waals surface area contributed by atoms with Gasteiger partial charge in [-0.05, 0) is 23.3 Å². The van der Waals surface area contributed by atoms with Crippen molar-refractivity contribution in [2.24, 2.45) is 0 Å². The maximum absolute atomic E-state index is 13.2. The van der Waals surface area contributed by atoms with Gasteiger partial charge >= 0.3 is 0 Å². The minimum absolute atomic E-state index is 0.0381. The normalized spacial score (nSPS) is 10.9. The molecule has 0 aliphatic rings. The molecule has 3 heteroatoms. The van der Waals surface area contributed by atoms with Gasteiger partial charge in [0.05, 0.1) is 17.6 Å². The lowest BCUT2D eigenvalue weighted by Crippen LogP contribution is -2.23. The lowest BCUT2D eigenvalue weighted by atomic mass is 10.0. The SMILES string of the molecule is O=c1c(-c2ccccc2)c(O)c2ccccc2n1Cc1ccccc1. The first-order valence-electron chi connectivity index (χ1n) is 8.19. The van der Waals surface area contributed by atoms with E-state index in [0.29, 0.717) is 17.5 Å². The summed E-state index contributed by atoms with van der Waals surface area (Å²) in [6.07, 6.45) is 0. The Morgan fingerprint density at radius 1 is 0.760 bits per heavy atom. The molecule has 0 fully saturated rings. The number of para-hydroxylation sites is 1. The minimum Gasteiger partial charge on any atom is -0.506 e. The van der Waals surface area contributed by atoms with Gasteiger partial charge in [0.1, 0.15) is 5.75 Å². The monoisotopic (exact) mass is 327 g/mol. The van der Waals surface area contributed by atoms with Crippen LogP contribution < -0.4 is 5.56 Å². The number of benzene rings is 3. The average Bonchev–Trinajstić information content (AvgIpc) is 2.67. The van der Waals surface area contributed by atoms with Crippen molar-refractivity contribution < 1.29 is 5.11 Å². The second-order valence-corrected chi connectivity index (χ2v) is 5.98. The van der Waals surface area contributed by atoms with Crippen LogP contribution in [0.4, 0.5) is 0 Å². The third-order valence-electron chi connectivity index (χ3n) is 4.39. The molecule has 3 nitrogen and oxygen atoms in total. The number of aromatic nitrogens is 1. The molecule has 0 radical (unpaired) electrons. The third-order valence-corrected chi connectivity index (χ3v) is 4.39. The van der Waals surface area contributed by atoms with Crippen molar-refractivity contribution in [3.63, 3.8) is 0 Å². The molecule has 0 aliphatic carbocycles. The molecule has 1 heterocycles. The number of hydrogen-bond donors (Lipinski definition) is 1. The highest BCUT2D eigenvalue weighted by Crippen LogP contribution is 2.33. The second kappa shape index (κ2) is 6.29. The van der Waals surface area contributed by atoms with Crippen molar-refractivity contribution in [1.29, 1.82) is 0 Å². The zero-order chi connectivity index (χ0) is 17.2. The largest absolute Gasteiger partial charge is 0.506 e. The Morgan fingerprint density at radius 2 is 1.36 bits per heavy atom. The van der Waals surface area contributed by atoms with E-state index in [4.69, 9.17) is 0 Å². The van der Waals surface area contributed by atoms with Gasteiger partial charge in [0.15, 0.2) is 0 Å². The zero-order valence-electron chi connectivity index (χ0n) is 13.6. The molecular weight excluding hydrogens is 310 g/mol. The van der Waals surface area contributed by atoms with E-state index in [1.54, 1.807) is 4.57 Å². The van der Waals surface area contributed by atoms with Gasteiger partial charge in [-0.25, -0.2) is 0 Å². The number of nitrogens with zero attached hydrogens (tertiary/aromatic N) is 1. The zero-order valence-corrected chi connectivity index (χ0v) is 13.6. The third kappa shape index (κ3) is 2.70. The molecular formula is C22H17NO2. The molecule has 0 saturated heterocycles. The predicted molar refractivity (Wildman–Crippen MR) is 101 cm³/mol. The summed E-state index contributed by atoms with van der Waals surface area (Å²) in [5.41, 5.74) is 2.65. The molecule has 1 N–H and O–H groups in total. The van der Waals surface area contributed by atoms with Crippen molar-refractivity contribution >= 4 is 10.9 Å². The van der Waals surface area contributed by atoms with E-state index in [-0.39, 0.29) is 11.3 Å². The van der Waals surface area contributed by atoms with Crippen LogP contribution in [0.2, 0.25) is 0 Å². The van der Waals surface area contributed by atoms with E-state index < -0.39 is 0 Å². The summed E-state index contributed by atoms with van der Waals surface area (Å²) >= 11 is 0. The Balaban J connectivity index is 2.03. The molecule has 4 rings (SSSR count). The van der Waals surface area contributed by atoms with Gasteiger partial charge in [-0.2, -0.15) is 0 Å². The van der Waals surface area contributed by atoms with E-state index >= 15 is 0 Å². The molecule has 0 unspecified atom stereocenters. The highest BCUT2D eigenvalue weighted by Gasteiger charge is 2.17. The summed E-state index contributed by atoms with van der Waals surface area (Å²) in [6.45, 7) is 0.459. The molecule has 0 bridgehead atoms. The van der Waals surface area contributed by atoms with Crippen molar-refractivity contribution in [3.05, 3.63) is 101 Å². The second-order valence-electron chi connectivity index (χ2n) is 5.98. The lowest BCUT2D eigenvalue weighted by Gasteiger charge is -2.15. The van der Waals surface area contributed by atoms with Crippen LogP contribution in [-0.4, -0.2) is 9.67 Å². The van der Waals surface area contributed by atoms with E-state index in [1.807, 2.05) is 84.9 Å². The number of hydrogen-bond acceptors (Lipinski definition) is 2. The summed E-state index contributed by atoms with van der Waals surface area (Å²) in [5.74, 6) is 0.0381. The summed E-state index contributed by atoms with van der Waals surface area (Å²) in [5, 5.41) is 11.4. The van der Waals surface area contributed by atoms with Crippen LogP contribution in [0, 0.1) is 0 Å². The van der Waals surface area contributed by atoms with Crippen LogP contribution in [-0.2, 0) is 6.54 Å². The highest BCUT2D eigenvalue weighted by molar-refractivity contribution is 5.92. The number of fused-ring (bicyclic) bond motifs is 1. The maximum Gasteiger partial charge on any atom is 0.263 e. The average molecular weight is 327 g/mol. The van der Waals surface area contributed by atoms with Crippen LogP contribution in [0.1, 0.15) is 5.56 Å². The Hall–Kier alpha value is -3.33. The van der Waals surface area contributed by atoms with Crippen molar-refractivity contribution in [2.45, 2.75) is 6.54 Å². The van der Waals surface area contributed by atoms with Crippen molar-refractivity contribution in [1.82, 2.24) is 4.57 Å². The topological polar surface area (TPSA) is 42.2 Å². The minimum atomic E-state index is -0.189. The molecule has 0 amide bonds. The van der Waals surface area contributed by atoms with Gasteiger partial charge in [0, 0.05) is 5.39 Å². The molecule has 0 saturated carbocycles. The van der Waals surface area contributed by atoms with Crippen molar-refractivity contribution in [2.75, 3.05) is 0 Å². The van der Waals surface area contributed by atoms with E-state index in [2.05, 4.69) is 0 Å². The van der Waals surface area contributed by atoms with Gasteiger partial charge in [-0.3, -0.25) is 4.79 Å². The Morgan fingerprint density at radius 3 is 2.08 bits per heavy atom. The van der Waals surface area contributed by atoms with Crippen LogP contribution in [0.5, 0.6) is 5.75 Å². The Kier molecular flexibility index (Phi) is 3.82. The Labute approximate surface area is 145 Å². The van der Waals surface area contributed by atoms with Gasteiger partial charge in [0.25, 0.3) is 5.56 Å². The molecule has 4 aromatic rings. The van der Waals surface area contributed by atoms with Gasteiger partial charge in [0.2, 0.25) is 0 Å². The summed E-state index contributed by atoms with van der Waals surface area (Å²) in [4.78, 5) is 13.2. The lowest BCUT2D eigenvalue weighted by molar-refractivity contribution is 0.481. The van der Waals surface area contributed by atoms with E-state index in [9.17, 15) is 9.90 Å². The molecule has 0 aliphatic heterocycles. The smallest absolute Gasteiger partial charge is 0.263 e. The highest BCUT2D eigenvalue weighted by atomic mass is 16.3. The quantitative estimate of drug-likeness (QED) is 0.605. The van der Waals surface area contributed by atoms with E-state index in [0.717, 1.165) is 16.6 Å². The van der Waals surface area contributed by atoms with Gasteiger partial charge in [-0.1, -0.05) is 72.8 Å². The summed E-state index contributed by atoms with van der Waals surface area (Å²) < 4.78 is 1.73. The van der Waals surface area contributed by atoms with Crippen LogP contribution in [0.25, 0.3) is 22.0 Å². The van der Waals surface area contributed by atoms with Crippen molar-refractivity contribution in [3.8, 4) is 16.9 Å². The van der Waals surface area contributed by atoms with Gasteiger partial charge < -0.3 is 9.67 Å². The fourth-order valence-corrected chi connectivity index (χ4v) is 3.18. The molecule has 0 atom stereocenters. The van der Waals surface area contributed by atoms with Crippen LogP contribution >= 0.6 is 0 Å². The van der Waals surface area contributed by atoms with Gasteiger partial charge in [-0.15, -0.1) is 0 Å². The van der Waals surface area contributed by atoms with Crippen LogP contribution in [0.15, 0.2) is 89.7 Å². The molecule has 122 valence electrons. The van der Waals surface area contributed by atoms with E-state index in [1.165, 1.54) is 0 Å². The summed E-state index contributed by atoms with van der Waals surface area (Å²) in [7, 11) is 0. The number of aromatic hydroxyl groups is 1.